The van der Waals surface area contributed by atoms with Crippen LogP contribution in [-0.2, 0) is 0 Å². The summed E-state index contributed by atoms with van der Waals surface area (Å²) in [6, 6.07) is 21.4. The van der Waals surface area contributed by atoms with Gasteiger partial charge in [0.2, 0.25) is 0 Å². The van der Waals surface area contributed by atoms with Crippen molar-refractivity contribution in [2.75, 3.05) is 14.2 Å². The van der Waals surface area contributed by atoms with E-state index in [1.807, 2.05) is 48.5 Å². The van der Waals surface area contributed by atoms with Crippen LogP contribution < -0.4 is 9.47 Å². The number of ether oxygens (including phenoxy) is 2. The second-order valence-electron chi connectivity index (χ2n) is 7.68. The average molecular weight is 444 g/mol. The molecule has 0 N–H and O–H groups in total. The number of hydrogen-bond donors (Lipinski definition) is 0. The lowest BCUT2D eigenvalue weighted by molar-refractivity contribution is 0.407. The van der Waals surface area contributed by atoms with E-state index in [4.69, 9.17) is 9.47 Å². The Hall–Kier alpha value is -3.99. The number of fused-ring (bicyclic) bond motifs is 2. The van der Waals surface area contributed by atoms with Crippen molar-refractivity contribution in [2.45, 2.75) is 0 Å². The van der Waals surface area contributed by atoms with Gasteiger partial charge in [-0.15, -0.1) is 0 Å². The molecule has 5 aromatic carbocycles. The molecular formula is C28H19F3O2. The van der Waals surface area contributed by atoms with Gasteiger partial charge < -0.3 is 9.47 Å². The van der Waals surface area contributed by atoms with Crippen LogP contribution in [0.3, 0.4) is 0 Å². The molecule has 0 saturated carbocycles. The summed E-state index contributed by atoms with van der Waals surface area (Å²) < 4.78 is 55.2. The Morgan fingerprint density at radius 1 is 0.515 bits per heavy atom. The van der Waals surface area contributed by atoms with Gasteiger partial charge in [0.15, 0.2) is 0 Å². The fraction of sp³-hybridized carbons (Fsp3) is 0.0714. The van der Waals surface area contributed by atoms with E-state index >= 15 is 8.78 Å². The van der Waals surface area contributed by atoms with Crippen LogP contribution in [0.25, 0.3) is 43.8 Å². The highest BCUT2D eigenvalue weighted by Crippen LogP contribution is 2.45. The maximum absolute atomic E-state index is 15.2. The minimum absolute atomic E-state index is 0.0864. The smallest absolute Gasteiger partial charge is 0.137 e. The fourth-order valence-corrected chi connectivity index (χ4v) is 4.40. The van der Waals surface area contributed by atoms with Gasteiger partial charge in [0.1, 0.15) is 29.0 Å². The van der Waals surface area contributed by atoms with Gasteiger partial charge >= 0.3 is 0 Å². The van der Waals surface area contributed by atoms with Crippen LogP contribution in [0.4, 0.5) is 13.2 Å². The van der Waals surface area contributed by atoms with Gasteiger partial charge in [-0.05, 0) is 56.9 Å². The summed E-state index contributed by atoms with van der Waals surface area (Å²) in [7, 11) is 2.94. The third-order valence-corrected chi connectivity index (χ3v) is 5.87. The van der Waals surface area contributed by atoms with Crippen LogP contribution in [0, 0.1) is 17.5 Å². The fourth-order valence-electron chi connectivity index (χ4n) is 4.40. The maximum atomic E-state index is 15.2. The molecule has 0 aliphatic carbocycles. The number of halogens is 3. The number of rotatable bonds is 4. The summed E-state index contributed by atoms with van der Waals surface area (Å²) in [5, 5.41) is 2.52. The van der Waals surface area contributed by atoms with Crippen LogP contribution in [0.15, 0.2) is 78.9 Å². The molecule has 0 aromatic heterocycles. The van der Waals surface area contributed by atoms with Crippen molar-refractivity contribution < 1.29 is 22.6 Å². The second-order valence-corrected chi connectivity index (χ2v) is 7.68. The highest BCUT2D eigenvalue weighted by Gasteiger charge is 2.22. The predicted molar refractivity (Wildman–Crippen MR) is 125 cm³/mol. The summed E-state index contributed by atoms with van der Waals surface area (Å²) in [6.07, 6.45) is 0. The summed E-state index contributed by atoms with van der Waals surface area (Å²) in [5.41, 5.74) is 1.81. The lowest BCUT2D eigenvalue weighted by atomic mass is 9.85. The number of methoxy groups -OCH3 is 2. The number of hydrogen-bond acceptors (Lipinski definition) is 2. The Bertz CT molecular complexity index is 1490. The Labute approximate surface area is 188 Å². The molecule has 2 nitrogen and oxygen atoms in total. The van der Waals surface area contributed by atoms with Crippen molar-refractivity contribution in [1.82, 2.24) is 0 Å². The van der Waals surface area contributed by atoms with E-state index in [2.05, 4.69) is 0 Å². The minimum Gasteiger partial charge on any atom is -0.497 e. The van der Waals surface area contributed by atoms with Crippen LogP contribution in [0.1, 0.15) is 0 Å². The molecule has 0 atom stereocenters. The highest BCUT2D eigenvalue weighted by molar-refractivity contribution is 6.21. The quantitative estimate of drug-likeness (QED) is 0.264. The van der Waals surface area contributed by atoms with Crippen LogP contribution >= 0.6 is 0 Å². The predicted octanol–water partition coefficient (Wildman–Crippen LogP) is 7.76. The molecule has 0 saturated heterocycles. The molecular weight excluding hydrogens is 425 g/mol. The standard InChI is InChI=1S/C28H19F3O2/c1-32-18-10-7-16(8-11-18)26-20-5-3-4-6-21(20)27(22-12-9-17(29)13-23(22)26)28-24(30)14-19(33-2)15-25(28)31/h3-15H,1-2H3. The van der Waals surface area contributed by atoms with Crippen molar-refractivity contribution >= 4 is 21.5 Å². The molecule has 0 amide bonds. The molecule has 5 aromatic rings. The summed E-state index contributed by atoms with van der Waals surface area (Å²) in [6.45, 7) is 0. The third kappa shape index (κ3) is 3.46. The molecule has 0 radical (unpaired) electrons. The number of benzene rings is 5. The van der Waals surface area contributed by atoms with Gasteiger partial charge in [0.05, 0.1) is 19.8 Å². The van der Waals surface area contributed by atoms with Gasteiger partial charge in [-0.25, -0.2) is 13.2 Å². The van der Waals surface area contributed by atoms with Crippen molar-refractivity contribution in [3.05, 3.63) is 96.3 Å². The molecule has 164 valence electrons. The first-order chi connectivity index (χ1) is 16.0. The van der Waals surface area contributed by atoms with Gasteiger partial charge in [-0.3, -0.25) is 0 Å². The van der Waals surface area contributed by atoms with Crippen LogP contribution in [0.5, 0.6) is 11.5 Å². The van der Waals surface area contributed by atoms with Crippen LogP contribution in [-0.4, -0.2) is 14.2 Å². The Balaban J connectivity index is 1.96. The van der Waals surface area contributed by atoms with E-state index in [1.54, 1.807) is 13.2 Å². The van der Waals surface area contributed by atoms with E-state index in [9.17, 15) is 4.39 Å². The van der Waals surface area contributed by atoms with E-state index in [0.29, 0.717) is 27.5 Å². The third-order valence-electron chi connectivity index (χ3n) is 5.87. The van der Waals surface area contributed by atoms with E-state index < -0.39 is 17.5 Å². The lowest BCUT2D eigenvalue weighted by Gasteiger charge is -2.19. The van der Waals surface area contributed by atoms with Crippen LogP contribution in [0.2, 0.25) is 0 Å². The van der Waals surface area contributed by atoms with Crippen molar-refractivity contribution in [2.24, 2.45) is 0 Å². The Morgan fingerprint density at radius 3 is 1.70 bits per heavy atom. The van der Waals surface area contributed by atoms with Crippen molar-refractivity contribution in [3.63, 3.8) is 0 Å². The average Bonchev–Trinajstić information content (AvgIpc) is 2.83. The summed E-state index contributed by atoms with van der Waals surface area (Å²) in [4.78, 5) is 0. The Morgan fingerprint density at radius 2 is 1.09 bits per heavy atom. The van der Waals surface area contributed by atoms with Gasteiger partial charge in [0.25, 0.3) is 0 Å². The summed E-state index contributed by atoms with van der Waals surface area (Å²) in [5.74, 6) is -1.16. The molecule has 0 aliphatic rings. The van der Waals surface area contributed by atoms with Gasteiger partial charge in [0, 0.05) is 17.7 Å². The first-order valence-corrected chi connectivity index (χ1v) is 10.3. The van der Waals surface area contributed by atoms with Gasteiger partial charge in [-0.2, -0.15) is 0 Å². The largest absolute Gasteiger partial charge is 0.497 e. The second kappa shape index (κ2) is 8.17. The minimum atomic E-state index is -0.750. The maximum Gasteiger partial charge on any atom is 0.137 e. The van der Waals surface area contributed by atoms with E-state index in [0.717, 1.165) is 28.6 Å². The van der Waals surface area contributed by atoms with E-state index in [-0.39, 0.29) is 11.3 Å². The molecule has 33 heavy (non-hydrogen) atoms. The van der Waals surface area contributed by atoms with Crippen molar-refractivity contribution in [3.8, 4) is 33.8 Å². The zero-order chi connectivity index (χ0) is 23.1. The van der Waals surface area contributed by atoms with E-state index in [1.165, 1.54) is 19.2 Å². The molecule has 0 spiro atoms. The lowest BCUT2D eigenvalue weighted by Crippen LogP contribution is -1.97. The van der Waals surface area contributed by atoms with Crippen molar-refractivity contribution in [1.29, 1.82) is 0 Å². The molecule has 0 bridgehead atoms. The zero-order valence-corrected chi connectivity index (χ0v) is 18.0. The normalized spacial score (nSPS) is 11.2. The monoisotopic (exact) mass is 444 g/mol. The first-order valence-electron chi connectivity index (χ1n) is 10.3. The molecule has 0 aliphatic heterocycles. The molecule has 0 fully saturated rings. The van der Waals surface area contributed by atoms with Gasteiger partial charge in [-0.1, -0.05) is 42.5 Å². The topological polar surface area (TPSA) is 18.5 Å². The molecule has 0 heterocycles. The zero-order valence-electron chi connectivity index (χ0n) is 18.0. The highest BCUT2D eigenvalue weighted by atomic mass is 19.1. The molecule has 0 unspecified atom stereocenters. The summed E-state index contributed by atoms with van der Waals surface area (Å²) >= 11 is 0. The Kier molecular flexibility index (Phi) is 5.17. The SMILES string of the molecule is COc1ccc(-c2c3ccccc3c(-c3c(F)cc(OC)cc3F)c3ccc(F)cc23)cc1. The molecule has 5 heteroatoms. The molecule has 5 rings (SSSR count). The first kappa shape index (κ1) is 20.9.